The van der Waals surface area contributed by atoms with E-state index in [1.807, 2.05) is 73.7 Å². The normalized spacial score (nSPS) is 15.9. The van der Waals surface area contributed by atoms with Gasteiger partial charge in [-0.25, -0.2) is 0 Å². The van der Waals surface area contributed by atoms with Crippen molar-refractivity contribution in [3.63, 3.8) is 0 Å². The van der Waals surface area contributed by atoms with Crippen LogP contribution < -0.4 is 5.32 Å². The Kier molecular flexibility index (Phi) is 5.89. The molecule has 5 heteroatoms. The molecule has 5 nitrogen and oxygen atoms in total. The molecule has 1 saturated heterocycles. The first-order valence-corrected chi connectivity index (χ1v) is 10.2. The number of rotatable bonds is 5. The summed E-state index contributed by atoms with van der Waals surface area (Å²) >= 11 is 0. The lowest BCUT2D eigenvalue weighted by Crippen LogP contribution is -2.41. The molecule has 4 rings (SSSR count). The number of benzene rings is 2. The number of carbonyl (C=O) groups excluding carboxylic acids is 2. The van der Waals surface area contributed by atoms with Crippen LogP contribution in [-0.4, -0.2) is 40.8 Å². The molecule has 0 aliphatic carbocycles. The van der Waals surface area contributed by atoms with Crippen molar-refractivity contribution in [3.8, 4) is 0 Å². The minimum atomic E-state index is -0.376. The van der Waals surface area contributed by atoms with Crippen molar-refractivity contribution in [3.05, 3.63) is 101 Å². The van der Waals surface area contributed by atoms with Crippen molar-refractivity contribution in [2.24, 2.45) is 0 Å². The highest BCUT2D eigenvalue weighted by atomic mass is 16.2. The number of carbonyl (C=O) groups is 2. The molecule has 30 heavy (non-hydrogen) atoms. The van der Waals surface area contributed by atoms with E-state index in [0.717, 1.165) is 23.2 Å². The third kappa shape index (κ3) is 4.40. The van der Waals surface area contributed by atoms with E-state index in [1.54, 1.807) is 17.2 Å². The van der Waals surface area contributed by atoms with Gasteiger partial charge in [0, 0.05) is 31.0 Å². The highest BCUT2D eigenvalue weighted by Gasteiger charge is 2.31. The molecular formula is C25H25N3O2. The van der Waals surface area contributed by atoms with Gasteiger partial charge < -0.3 is 10.2 Å². The number of aromatic nitrogens is 1. The summed E-state index contributed by atoms with van der Waals surface area (Å²) in [4.78, 5) is 32.0. The molecule has 3 aromatic rings. The number of aryl methyl sites for hydroxylation is 1. The van der Waals surface area contributed by atoms with E-state index < -0.39 is 0 Å². The van der Waals surface area contributed by atoms with Gasteiger partial charge in [-0.15, -0.1) is 0 Å². The minimum Gasteiger partial charge on any atom is -0.351 e. The van der Waals surface area contributed by atoms with Gasteiger partial charge in [-0.05, 0) is 36.6 Å². The minimum absolute atomic E-state index is 0.0382. The molecule has 1 fully saturated rings. The molecule has 0 spiro atoms. The van der Waals surface area contributed by atoms with Crippen LogP contribution in [0.15, 0.2) is 79.0 Å². The topological polar surface area (TPSA) is 62.3 Å². The zero-order chi connectivity index (χ0) is 20.9. The van der Waals surface area contributed by atoms with Crippen molar-refractivity contribution < 1.29 is 9.59 Å². The molecule has 1 atom stereocenters. The zero-order valence-electron chi connectivity index (χ0n) is 17.0. The largest absolute Gasteiger partial charge is 0.351 e. The molecule has 0 saturated carbocycles. The maximum Gasteiger partial charge on any atom is 0.255 e. The van der Waals surface area contributed by atoms with Crippen LogP contribution in [0.25, 0.3) is 0 Å². The Morgan fingerprint density at radius 3 is 2.17 bits per heavy atom. The first kappa shape index (κ1) is 19.8. The second kappa shape index (κ2) is 8.91. The van der Waals surface area contributed by atoms with Crippen LogP contribution in [0, 0.1) is 6.92 Å². The van der Waals surface area contributed by atoms with Crippen LogP contribution in [0.1, 0.15) is 39.5 Å². The Morgan fingerprint density at radius 1 is 0.967 bits per heavy atom. The van der Waals surface area contributed by atoms with E-state index in [4.69, 9.17) is 0 Å². The highest BCUT2D eigenvalue weighted by molar-refractivity contribution is 5.94. The summed E-state index contributed by atoms with van der Waals surface area (Å²) in [5.41, 5.74) is 3.38. The van der Waals surface area contributed by atoms with Crippen LogP contribution in [0.3, 0.4) is 0 Å². The molecule has 1 N–H and O–H groups in total. The van der Waals surface area contributed by atoms with Crippen LogP contribution >= 0.6 is 0 Å². The Bertz CT molecular complexity index is 964. The van der Waals surface area contributed by atoms with Gasteiger partial charge in [-0.3, -0.25) is 14.6 Å². The number of hydrogen-bond donors (Lipinski definition) is 1. The Labute approximate surface area is 176 Å². The lowest BCUT2D eigenvalue weighted by atomic mass is 9.90. The van der Waals surface area contributed by atoms with Gasteiger partial charge in [0.1, 0.15) is 0 Å². The molecule has 0 unspecified atom stereocenters. The number of pyridine rings is 1. The summed E-state index contributed by atoms with van der Waals surface area (Å²) < 4.78 is 0. The summed E-state index contributed by atoms with van der Waals surface area (Å²) in [5, 5.41) is 3.17. The molecule has 2 amide bonds. The van der Waals surface area contributed by atoms with Gasteiger partial charge in [0.25, 0.3) is 5.91 Å². The van der Waals surface area contributed by atoms with Crippen molar-refractivity contribution >= 4 is 11.8 Å². The van der Waals surface area contributed by atoms with Crippen molar-refractivity contribution in [2.75, 3.05) is 13.1 Å². The fraction of sp³-hybridized carbons (Fsp3) is 0.240. The maximum atomic E-state index is 13.3. The summed E-state index contributed by atoms with van der Waals surface area (Å²) in [5.74, 6) is -0.455. The molecular weight excluding hydrogens is 374 g/mol. The van der Waals surface area contributed by atoms with Gasteiger partial charge in [-0.1, -0.05) is 60.7 Å². The number of amides is 2. The summed E-state index contributed by atoms with van der Waals surface area (Å²) in [6.07, 6.45) is 2.36. The van der Waals surface area contributed by atoms with E-state index >= 15 is 0 Å². The first-order chi connectivity index (χ1) is 14.6. The van der Waals surface area contributed by atoms with E-state index in [9.17, 15) is 9.59 Å². The Morgan fingerprint density at radius 2 is 1.60 bits per heavy atom. The third-order valence-electron chi connectivity index (χ3n) is 5.51. The second-order valence-electron chi connectivity index (χ2n) is 7.69. The SMILES string of the molecule is Cc1ccc(C(=O)N2CC[C@@H](NC(=O)C(c3ccccc3)c3ccccc3)C2)cn1. The zero-order valence-corrected chi connectivity index (χ0v) is 17.0. The van der Waals surface area contributed by atoms with Gasteiger partial charge in [0.2, 0.25) is 5.91 Å². The summed E-state index contributed by atoms with van der Waals surface area (Å²) in [6, 6.07) is 23.2. The number of hydrogen-bond acceptors (Lipinski definition) is 3. The van der Waals surface area contributed by atoms with Crippen LogP contribution in [0.2, 0.25) is 0 Å². The summed E-state index contributed by atoms with van der Waals surface area (Å²) in [6.45, 7) is 3.03. The first-order valence-electron chi connectivity index (χ1n) is 10.2. The van der Waals surface area contributed by atoms with Gasteiger partial charge in [0.05, 0.1) is 11.5 Å². The predicted octanol–water partition coefficient (Wildman–Crippen LogP) is 3.55. The van der Waals surface area contributed by atoms with Crippen LogP contribution in [0.4, 0.5) is 0 Å². The number of nitrogens with one attached hydrogen (secondary N) is 1. The molecule has 1 aliphatic rings. The van der Waals surface area contributed by atoms with Crippen LogP contribution in [0.5, 0.6) is 0 Å². The molecule has 2 aromatic carbocycles. The standard InChI is InChI=1S/C25H25N3O2/c1-18-12-13-21(16-26-18)25(30)28-15-14-22(17-28)27-24(29)23(19-8-4-2-5-9-19)20-10-6-3-7-11-20/h2-13,16,22-23H,14-15,17H2,1H3,(H,27,29)/t22-/m1/s1. The Balaban J connectivity index is 1.46. The third-order valence-corrected chi connectivity index (χ3v) is 5.51. The Hall–Kier alpha value is -3.47. The van der Waals surface area contributed by atoms with E-state index in [0.29, 0.717) is 18.7 Å². The smallest absolute Gasteiger partial charge is 0.255 e. The molecule has 0 bridgehead atoms. The monoisotopic (exact) mass is 399 g/mol. The van der Waals surface area contributed by atoms with Gasteiger partial charge in [0.15, 0.2) is 0 Å². The predicted molar refractivity (Wildman–Crippen MR) is 116 cm³/mol. The average molecular weight is 399 g/mol. The number of likely N-dealkylation sites (tertiary alicyclic amines) is 1. The van der Waals surface area contributed by atoms with Crippen molar-refractivity contribution in [2.45, 2.75) is 25.3 Å². The molecule has 1 aromatic heterocycles. The lowest BCUT2D eigenvalue weighted by molar-refractivity contribution is -0.122. The second-order valence-corrected chi connectivity index (χ2v) is 7.69. The van der Waals surface area contributed by atoms with E-state index in [-0.39, 0.29) is 23.8 Å². The van der Waals surface area contributed by atoms with Gasteiger partial charge in [-0.2, -0.15) is 0 Å². The highest BCUT2D eigenvalue weighted by Crippen LogP contribution is 2.25. The summed E-state index contributed by atoms with van der Waals surface area (Å²) in [7, 11) is 0. The van der Waals surface area contributed by atoms with Crippen molar-refractivity contribution in [1.29, 1.82) is 0 Å². The van der Waals surface area contributed by atoms with E-state index in [1.165, 1.54) is 0 Å². The van der Waals surface area contributed by atoms with Crippen molar-refractivity contribution in [1.82, 2.24) is 15.2 Å². The fourth-order valence-corrected chi connectivity index (χ4v) is 3.91. The molecule has 1 aliphatic heterocycles. The van der Waals surface area contributed by atoms with Gasteiger partial charge >= 0.3 is 0 Å². The maximum absolute atomic E-state index is 13.3. The quantitative estimate of drug-likeness (QED) is 0.714. The molecule has 2 heterocycles. The number of nitrogens with zero attached hydrogens (tertiary/aromatic N) is 2. The molecule has 152 valence electrons. The van der Waals surface area contributed by atoms with Crippen LogP contribution in [-0.2, 0) is 4.79 Å². The lowest BCUT2D eigenvalue weighted by Gasteiger charge is -2.21. The molecule has 0 radical (unpaired) electrons. The average Bonchev–Trinajstić information content (AvgIpc) is 3.24. The fourth-order valence-electron chi connectivity index (χ4n) is 3.91. The van der Waals surface area contributed by atoms with E-state index in [2.05, 4.69) is 10.3 Å².